The monoisotopic (exact) mass is 249 g/mol. The molecular formula is C14H16ClNO. The van der Waals surface area contributed by atoms with E-state index in [9.17, 15) is 5.11 Å². The fraction of sp³-hybridized carbons (Fsp3) is 0.429. The van der Waals surface area contributed by atoms with Crippen molar-refractivity contribution in [2.45, 2.75) is 12.5 Å². The van der Waals surface area contributed by atoms with Crippen molar-refractivity contribution in [3.63, 3.8) is 0 Å². The predicted molar refractivity (Wildman–Crippen MR) is 70.0 cm³/mol. The second-order valence-corrected chi connectivity index (χ2v) is 5.32. The van der Waals surface area contributed by atoms with Gasteiger partial charge in [0.05, 0.1) is 6.10 Å². The van der Waals surface area contributed by atoms with Gasteiger partial charge in [0.15, 0.2) is 0 Å². The second-order valence-electron chi connectivity index (χ2n) is 4.89. The van der Waals surface area contributed by atoms with Gasteiger partial charge in [-0.3, -0.25) is 4.90 Å². The smallest absolute Gasteiger partial charge is 0.0633 e. The first-order valence-corrected chi connectivity index (χ1v) is 6.48. The van der Waals surface area contributed by atoms with Crippen LogP contribution in [0.5, 0.6) is 0 Å². The van der Waals surface area contributed by atoms with E-state index >= 15 is 0 Å². The lowest BCUT2D eigenvalue weighted by atomic mass is 9.81. The van der Waals surface area contributed by atoms with Gasteiger partial charge in [0.2, 0.25) is 0 Å². The van der Waals surface area contributed by atoms with Crippen LogP contribution in [-0.2, 0) is 0 Å². The number of rotatable bonds is 1. The molecule has 3 atom stereocenters. The van der Waals surface area contributed by atoms with Crippen molar-refractivity contribution in [2.24, 2.45) is 5.92 Å². The number of benzene rings is 1. The minimum absolute atomic E-state index is 0.200. The third-order valence-corrected chi connectivity index (χ3v) is 4.06. The molecule has 2 aliphatic rings. The molecule has 2 nitrogen and oxygen atoms in total. The third-order valence-electron chi connectivity index (χ3n) is 3.81. The highest BCUT2D eigenvalue weighted by atomic mass is 35.5. The van der Waals surface area contributed by atoms with Crippen LogP contribution in [0.3, 0.4) is 0 Å². The van der Waals surface area contributed by atoms with Crippen LogP contribution in [0.1, 0.15) is 12.0 Å². The number of nitrogens with zero attached hydrogens (tertiary/aromatic N) is 1. The molecule has 0 radical (unpaired) electrons. The molecule has 90 valence electrons. The first-order valence-electron chi connectivity index (χ1n) is 6.10. The van der Waals surface area contributed by atoms with Crippen LogP contribution < -0.4 is 0 Å². The molecule has 1 saturated heterocycles. The van der Waals surface area contributed by atoms with Crippen molar-refractivity contribution in [1.29, 1.82) is 0 Å². The highest BCUT2D eigenvalue weighted by Gasteiger charge is 2.33. The van der Waals surface area contributed by atoms with E-state index in [0.717, 1.165) is 31.1 Å². The van der Waals surface area contributed by atoms with E-state index in [0.29, 0.717) is 0 Å². The van der Waals surface area contributed by atoms with Crippen molar-refractivity contribution in [2.75, 3.05) is 19.6 Å². The number of hydrogen-bond donors (Lipinski definition) is 1. The van der Waals surface area contributed by atoms with Gasteiger partial charge in [-0.15, -0.1) is 0 Å². The Labute approximate surface area is 107 Å². The number of fused-ring (bicyclic) bond motifs is 2. The summed E-state index contributed by atoms with van der Waals surface area (Å²) in [6.07, 6.45) is 2.93. The Hall–Kier alpha value is -0.830. The van der Waals surface area contributed by atoms with E-state index in [1.165, 1.54) is 11.1 Å². The SMILES string of the molecule is O[C@@H]1CCN2CC=C(c3ccc(Cl)cc3)[C@@H]1C2. The van der Waals surface area contributed by atoms with Crippen LogP contribution in [-0.4, -0.2) is 35.7 Å². The highest BCUT2D eigenvalue weighted by molar-refractivity contribution is 6.30. The van der Waals surface area contributed by atoms with Gasteiger partial charge in [0.1, 0.15) is 0 Å². The fourth-order valence-corrected chi connectivity index (χ4v) is 2.96. The highest BCUT2D eigenvalue weighted by Crippen LogP contribution is 2.34. The molecule has 3 rings (SSSR count). The van der Waals surface area contributed by atoms with E-state index in [2.05, 4.69) is 11.0 Å². The molecule has 0 aliphatic carbocycles. The van der Waals surface area contributed by atoms with Crippen LogP contribution in [0.15, 0.2) is 30.3 Å². The molecule has 0 aromatic heterocycles. The summed E-state index contributed by atoms with van der Waals surface area (Å²) in [5.74, 6) is 0.263. The van der Waals surface area contributed by atoms with Gasteiger partial charge in [-0.25, -0.2) is 0 Å². The maximum absolute atomic E-state index is 10.1. The minimum Gasteiger partial charge on any atom is -0.392 e. The van der Waals surface area contributed by atoms with Crippen molar-refractivity contribution in [3.05, 3.63) is 40.9 Å². The van der Waals surface area contributed by atoms with E-state index < -0.39 is 0 Å². The normalized spacial score (nSPS) is 32.1. The molecule has 1 unspecified atom stereocenters. The minimum atomic E-state index is -0.200. The maximum atomic E-state index is 10.1. The molecule has 1 N–H and O–H groups in total. The van der Waals surface area contributed by atoms with Crippen molar-refractivity contribution < 1.29 is 5.11 Å². The van der Waals surface area contributed by atoms with Crippen LogP contribution in [0.25, 0.3) is 5.57 Å². The topological polar surface area (TPSA) is 23.5 Å². The Morgan fingerprint density at radius 3 is 2.76 bits per heavy atom. The zero-order valence-electron chi connectivity index (χ0n) is 9.64. The zero-order valence-corrected chi connectivity index (χ0v) is 10.4. The van der Waals surface area contributed by atoms with E-state index in [4.69, 9.17) is 11.6 Å². The Morgan fingerprint density at radius 2 is 2.00 bits per heavy atom. The Morgan fingerprint density at radius 1 is 1.24 bits per heavy atom. The maximum Gasteiger partial charge on any atom is 0.0633 e. The number of hydrogen-bond acceptors (Lipinski definition) is 2. The number of aliphatic hydroxyl groups excluding tert-OH is 1. The van der Waals surface area contributed by atoms with Gasteiger partial charge in [-0.05, 0) is 29.7 Å². The van der Waals surface area contributed by atoms with E-state index in [1.807, 2.05) is 24.3 Å². The quantitative estimate of drug-likeness (QED) is 0.826. The number of aliphatic hydroxyl groups is 1. The molecule has 1 aromatic carbocycles. The summed E-state index contributed by atoms with van der Waals surface area (Å²) in [6.45, 7) is 3.00. The first-order chi connectivity index (χ1) is 8.24. The largest absolute Gasteiger partial charge is 0.392 e. The van der Waals surface area contributed by atoms with Crippen molar-refractivity contribution in [3.8, 4) is 0 Å². The fourth-order valence-electron chi connectivity index (χ4n) is 2.83. The third kappa shape index (κ3) is 2.13. The molecule has 0 saturated carbocycles. The van der Waals surface area contributed by atoms with Gasteiger partial charge < -0.3 is 5.11 Å². The molecule has 2 aliphatic heterocycles. The predicted octanol–water partition coefficient (Wildman–Crippen LogP) is 2.42. The summed E-state index contributed by atoms with van der Waals surface area (Å²) in [6, 6.07) is 7.93. The number of halogens is 1. The average Bonchev–Trinajstić information content (AvgIpc) is 2.36. The summed E-state index contributed by atoms with van der Waals surface area (Å²) in [7, 11) is 0. The van der Waals surface area contributed by atoms with Crippen molar-refractivity contribution in [1.82, 2.24) is 4.90 Å². The molecule has 17 heavy (non-hydrogen) atoms. The van der Waals surface area contributed by atoms with Crippen LogP contribution in [0.2, 0.25) is 5.02 Å². The van der Waals surface area contributed by atoms with Crippen LogP contribution in [0, 0.1) is 5.92 Å². The molecule has 2 heterocycles. The van der Waals surface area contributed by atoms with Crippen LogP contribution >= 0.6 is 11.6 Å². The lowest BCUT2D eigenvalue weighted by Crippen LogP contribution is -2.46. The summed E-state index contributed by atoms with van der Waals surface area (Å²) in [5, 5.41) is 10.9. The van der Waals surface area contributed by atoms with Gasteiger partial charge in [-0.1, -0.05) is 29.8 Å². The molecule has 0 amide bonds. The molecular weight excluding hydrogens is 234 g/mol. The summed E-state index contributed by atoms with van der Waals surface area (Å²) in [5.41, 5.74) is 2.48. The summed E-state index contributed by atoms with van der Waals surface area (Å²) < 4.78 is 0. The first kappa shape index (κ1) is 11.3. The van der Waals surface area contributed by atoms with Crippen molar-refractivity contribution >= 4 is 17.2 Å². The Bertz CT molecular complexity index is 440. The summed E-state index contributed by atoms with van der Waals surface area (Å²) >= 11 is 5.91. The zero-order chi connectivity index (χ0) is 11.8. The number of piperidine rings is 1. The molecule has 0 spiro atoms. The lowest BCUT2D eigenvalue weighted by Gasteiger charge is -2.40. The van der Waals surface area contributed by atoms with Gasteiger partial charge in [-0.2, -0.15) is 0 Å². The standard InChI is InChI=1S/C14H16ClNO/c15-11-3-1-10(2-4-11)12-5-7-16-8-6-14(17)13(12)9-16/h1-5,13-14,17H,6-9H2/t13-,14+/m0/s1. The van der Waals surface area contributed by atoms with Crippen LogP contribution in [0.4, 0.5) is 0 Å². The Balaban J connectivity index is 1.94. The molecule has 2 bridgehead atoms. The molecule has 3 heteroatoms. The van der Waals surface area contributed by atoms with E-state index in [1.54, 1.807) is 0 Å². The van der Waals surface area contributed by atoms with Gasteiger partial charge >= 0.3 is 0 Å². The second kappa shape index (κ2) is 4.45. The molecule has 1 aromatic rings. The summed E-state index contributed by atoms with van der Waals surface area (Å²) in [4.78, 5) is 2.40. The Kier molecular flexibility index (Phi) is 2.95. The lowest BCUT2D eigenvalue weighted by molar-refractivity contribution is 0.0509. The molecule has 1 fully saturated rings. The average molecular weight is 250 g/mol. The van der Waals surface area contributed by atoms with Gasteiger partial charge in [0.25, 0.3) is 0 Å². The van der Waals surface area contributed by atoms with E-state index in [-0.39, 0.29) is 12.0 Å². The van der Waals surface area contributed by atoms with Gasteiger partial charge in [0, 0.05) is 30.6 Å².